The summed E-state index contributed by atoms with van der Waals surface area (Å²) in [6, 6.07) is 6.37. The standard InChI is InChI=1S/C26H23ClF4N4O3S/c1-14-5-6-16(26(29,30)31)25(37)35(14)12-22(36)34-9-7-15(8-10-34)24-32-20(13-39-24)19-11-21(38-33-19)23-17(27)3-2-4-18(23)28/h2-6,13,15,21H,7-12H2,1H3. The average molecular weight is 583 g/mol. The van der Waals surface area contributed by atoms with Gasteiger partial charge in [-0.25, -0.2) is 9.37 Å². The third-order valence-corrected chi connectivity index (χ3v) is 8.33. The normalized spacial score (nSPS) is 18.3. The number of pyridine rings is 1. The fourth-order valence-corrected chi connectivity index (χ4v) is 6.09. The van der Waals surface area contributed by atoms with Gasteiger partial charge in [-0.1, -0.05) is 22.8 Å². The molecule has 1 amide bonds. The van der Waals surface area contributed by atoms with Gasteiger partial charge in [0.05, 0.1) is 15.7 Å². The van der Waals surface area contributed by atoms with E-state index < -0.39 is 41.7 Å². The molecule has 0 bridgehead atoms. The van der Waals surface area contributed by atoms with Crippen molar-refractivity contribution in [1.29, 1.82) is 0 Å². The van der Waals surface area contributed by atoms with Gasteiger partial charge in [0.1, 0.15) is 23.6 Å². The molecule has 0 spiro atoms. The molecule has 1 atom stereocenters. The Labute approximate surface area is 229 Å². The molecule has 1 aromatic carbocycles. The van der Waals surface area contributed by atoms with Gasteiger partial charge in [-0.3, -0.25) is 9.59 Å². The van der Waals surface area contributed by atoms with E-state index >= 15 is 0 Å². The van der Waals surface area contributed by atoms with Crippen LogP contribution in [0.4, 0.5) is 17.6 Å². The summed E-state index contributed by atoms with van der Waals surface area (Å²) >= 11 is 7.62. The van der Waals surface area contributed by atoms with E-state index in [1.165, 1.54) is 36.5 Å². The average Bonchev–Trinajstić information content (AvgIpc) is 3.56. The van der Waals surface area contributed by atoms with Crippen LogP contribution >= 0.6 is 22.9 Å². The minimum Gasteiger partial charge on any atom is -0.387 e. The summed E-state index contributed by atoms with van der Waals surface area (Å²) in [5.41, 5.74) is -0.740. The molecule has 1 unspecified atom stereocenters. The van der Waals surface area contributed by atoms with Crippen LogP contribution in [0.2, 0.25) is 5.02 Å². The van der Waals surface area contributed by atoms with Crippen molar-refractivity contribution in [2.24, 2.45) is 5.16 Å². The molecule has 39 heavy (non-hydrogen) atoms. The fourth-order valence-electron chi connectivity index (χ4n) is 4.80. The highest BCUT2D eigenvalue weighted by Gasteiger charge is 2.35. The Balaban J connectivity index is 1.19. The summed E-state index contributed by atoms with van der Waals surface area (Å²) in [4.78, 5) is 36.9. The minimum atomic E-state index is -4.79. The summed E-state index contributed by atoms with van der Waals surface area (Å²) in [7, 11) is 0. The van der Waals surface area contributed by atoms with Crippen molar-refractivity contribution in [3.8, 4) is 0 Å². The number of hydrogen-bond acceptors (Lipinski definition) is 6. The Morgan fingerprint density at radius 3 is 2.64 bits per heavy atom. The van der Waals surface area contributed by atoms with Crippen LogP contribution in [0.25, 0.3) is 0 Å². The molecule has 0 aliphatic carbocycles. The molecule has 4 heterocycles. The van der Waals surface area contributed by atoms with Crippen LogP contribution in [0.5, 0.6) is 0 Å². The first kappa shape index (κ1) is 27.3. The number of amides is 1. The number of oxime groups is 1. The SMILES string of the molecule is Cc1ccc(C(F)(F)F)c(=O)n1CC(=O)N1CCC(c2nc(C3=NOC(c4c(F)cccc4Cl)C3)cs2)CC1. The van der Waals surface area contributed by atoms with E-state index in [1.54, 1.807) is 11.0 Å². The van der Waals surface area contributed by atoms with Crippen molar-refractivity contribution in [3.05, 3.63) is 84.4 Å². The van der Waals surface area contributed by atoms with E-state index in [0.717, 1.165) is 15.6 Å². The molecule has 0 saturated carbocycles. The molecule has 5 rings (SSSR count). The smallest absolute Gasteiger partial charge is 0.387 e. The minimum absolute atomic E-state index is 0.0885. The molecular weight excluding hydrogens is 560 g/mol. The summed E-state index contributed by atoms with van der Waals surface area (Å²) in [5.74, 6) is -0.782. The van der Waals surface area contributed by atoms with E-state index in [9.17, 15) is 27.2 Å². The van der Waals surface area contributed by atoms with E-state index in [0.29, 0.717) is 43.8 Å². The van der Waals surface area contributed by atoms with E-state index in [1.807, 2.05) is 5.38 Å². The van der Waals surface area contributed by atoms with E-state index in [2.05, 4.69) is 5.16 Å². The first-order valence-corrected chi connectivity index (χ1v) is 13.5. The summed E-state index contributed by atoms with van der Waals surface area (Å²) in [5, 5.41) is 7.10. The van der Waals surface area contributed by atoms with Gasteiger partial charge < -0.3 is 14.3 Å². The van der Waals surface area contributed by atoms with Gasteiger partial charge in [-0.2, -0.15) is 13.2 Å². The number of piperidine rings is 1. The van der Waals surface area contributed by atoms with Crippen molar-refractivity contribution < 1.29 is 27.2 Å². The molecule has 0 N–H and O–H groups in total. The molecule has 13 heteroatoms. The predicted octanol–water partition coefficient (Wildman–Crippen LogP) is 5.70. The van der Waals surface area contributed by atoms with Crippen LogP contribution < -0.4 is 5.56 Å². The zero-order valence-corrected chi connectivity index (χ0v) is 22.2. The molecular formula is C26H23ClF4N4O3S. The van der Waals surface area contributed by atoms with Gasteiger partial charge in [-0.15, -0.1) is 11.3 Å². The molecule has 2 aliphatic rings. The lowest BCUT2D eigenvalue weighted by Gasteiger charge is -2.31. The molecule has 206 valence electrons. The third kappa shape index (κ3) is 5.58. The second kappa shape index (κ2) is 10.7. The Hall–Kier alpha value is -3.25. The Morgan fingerprint density at radius 2 is 1.95 bits per heavy atom. The number of likely N-dealkylation sites (tertiary alicyclic amines) is 1. The van der Waals surface area contributed by atoms with Gasteiger partial charge in [0, 0.05) is 42.1 Å². The summed E-state index contributed by atoms with van der Waals surface area (Å²) in [6.45, 7) is 1.83. The zero-order chi connectivity index (χ0) is 27.9. The maximum atomic E-state index is 14.3. The number of benzene rings is 1. The number of rotatable bonds is 5. The van der Waals surface area contributed by atoms with Crippen LogP contribution in [-0.2, 0) is 22.4 Å². The lowest BCUT2D eigenvalue weighted by atomic mass is 9.97. The largest absolute Gasteiger partial charge is 0.421 e. The highest BCUT2D eigenvalue weighted by atomic mass is 35.5. The molecule has 0 radical (unpaired) electrons. The lowest BCUT2D eigenvalue weighted by molar-refractivity contribution is -0.139. The topological polar surface area (TPSA) is 76.8 Å². The number of alkyl halides is 3. The van der Waals surface area contributed by atoms with Crippen LogP contribution in [0.15, 0.2) is 45.7 Å². The highest BCUT2D eigenvalue weighted by molar-refractivity contribution is 7.10. The number of aromatic nitrogens is 2. The number of aryl methyl sites for hydroxylation is 1. The van der Waals surface area contributed by atoms with Crippen LogP contribution in [-0.4, -0.2) is 39.2 Å². The molecule has 7 nitrogen and oxygen atoms in total. The first-order chi connectivity index (χ1) is 18.5. The molecule has 2 aliphatic heterocycles. The van der Waals surface area contributed by atoms with Crippen molar-refractivity contribution in [3.63, 3.8) is 0 Å². The molecule has 1 saturated heterocycles. The third-order valence-electron chi connectivity index (χ3n) is 7.00. The van der Waals surface area contributed by atoms with Crippen LogP contribution in [0, 0.1) is 12.7 Å². The number of nitrogens with zero attached hydrogens (tertiary/aromatic N) is 4. The maximum absolute atomic E-state index is 14.3. The summed E-state index contributed by atoms with van der Waals surface area (Å²) < 4.78 is 54.6. The molecule has 2 aromatic heterocycles. The number of halogens is 5. The number of carbonyl (C=O) groups is 1. The van der Waals surface area contributed by atoms with Crippen molar-refractivity contribution >= 4 is 34.6 Å². The lowest BCUT2D eigenvalue weighted by Crippen LogP contribution is -2.42. The second-order valence-electron chi connectivity index (χ2n) is 9.47. The van der Waals surface area contributed by atoms with Crippen LogP contribution in [0.3, 0.4) is 0 Å². The van der Waals surface area contributed by atoms with Crippen LogP contribution in [0.1, 0.15) is 58.8 Å². The monoisotopic (exact) mass is 582 g/mol. The number of hydrogen-bond donors (Lipinski definition) is 0. The van der Waals surface area contributed by atoms with E-state index in [4.69, 9.17) is 21.4 Å². The van der Waals surface area contributed by atoms with Gasteiger partial charge in [-0.05, 0) is 44.0 Å². The van der Waals surface area contributed by atoms with Gasteiger partial charge in [0.25, 0.3) is 5.56 Å². The number of carbonyl (C=O) groups excluding carboxylic acids is 1. The molecule has 1 fully saturated rings. The van der Waals surface area contributed by atoms with Gasteiger partial charge in [0.15, 0.2) is 6.10 Å². The summed E-state index contributed by atoms with van der Waals surface area (Å²) in [6.07, 6.45) is -3.87. The Kier molecular flexibility index (Phi) is 7.51. The highest BCUT2D eigenvalue weighted by Crippen LogP contribution is 2.37. The van der Waals surface area contributed by atoms with Gasteiger partial charge >= 0.3 is 6.18 Å². The first-order valence-electron chi connectivity index (χ1n) is 12.2. The van der Waals surface area contributed by atoms with Crippen molar-refractivity contribution in [2.75, 3.05) is 13.1 Å². The second-order valence-corrected chi connectivity index (χ2v) is 10.8. The number of thiazole rings is 1. The molecule has 3 aromatic rings. The maximum Gasteiger partial charge on any atom is 0.421 e. The van der Waals surface area contributed by atoms with Gasteiger partial charge in [0.2, 0.25) is 5.91 Å². The van der Waals surface area contributed by atoms with E-state index in [-0.39, 0.29) is 22.2 Å². The fraction of sp³-hybridized carbons (Fsp3) is 0.385. The van der Waals surface area contributed by atoms with Crippen molar-refractivity contribution in [2.45, 2.75) is 50.9 Å². The quantitative estimate of drug-likeness (QED) is 0.362. The Bertz CT molecular complexity index is 1470. The Morgan fingerprint density at radius 1 is 1.21 bits per heavy atom. The predicted molar refractivity (Wildman–Crippen MR) is 137 cm³/mol. The van der Waals surface area contributed by atoms with Crippen molar-refractivity contribution in [1.82, 2.24) is 14.5 Å². The zero-order valence-electron chi connectivity index (χ0n) is 20.7.